The summed E-state index contributed by atoms with van der Waals surface area (Å²) in [7, 11) is 1.54. The molecule has 3 nitrogen and oxygen atoms in total. The van der Waals surface area contributed by atoms with E-state index in [9.17, 15) is 5.11 Å². The molecule has 1 saturated carbocycles. The Kier molecular flexibility index (Phi) is 2.48. The Labute approximate surface area is 66.6 Å². The molecule has 0 aromatic heterocycles. The second-order valence-corrected chi connectivity index (χ2v) is 3.01. The Morgan fingerprint density at radius 1 is 1.64 bits per heavy atom. The van der Waals surface area contributed by atoms with Crippen LogP contribution in [0.5, 0.6) is 0 Å². The largest absolute Gasteiger partial charge is 0.377 e. The summed E-state index contributed by atoms with van der Waals surface area (Å²) in [4.78, 5) is 0. The second kappa shape index (κ2) is 3.21. The molecule has 1 fully saturated rings. The molecule has 1 rings (SSSR count). The molecule has 0 amide bonds. The SMILES string of the molecule is COC1CCCCC1(O)C#N. The molecule has 2 atom stereocenters. The summed E-state index contributed by atoms with van der Waals surface area (Å²) in [5.41, 5.74) is -1.23. The van der Waals surface area contributed by atoms with Gasteiger partial charge >= 0.3 is 0 Å². The number of hydrogen-bond donors (Lipinski definition) is 1. The van der Waals surface area contributed by atoms with Crippen LogP contribution >= 0.6 is 0 Å². The van der Waals surface area contributed by atoms with Gasteiger partial charge in [-0.2, -0.15) is 5.26 Å². The highest BCUT2D eigenvalue weighted by atomic mass is 16.5. The van der Waals surface area contributed by atoms with Crippen LogP contribution in [-0.2, 0) is 4.74 Å². The van der Waals surface area contributed by atoms with Crippen molar-refractivity contribution < 1.29 is 9.84 Å². The van der Waals surface area contributed by atoms with Crippen LogP contribution in [0.1, 0.15) is 25.7 Å². The van der Waals surface area contributed by atoms with E-state index < -0.39 is 5.60 Å². The van der Waals surface area contributed by atoms with Crippen LogP contribution in [-0.4, -0.2) is 23.9 Å². The number of rotatable bonds is 1. The minimum atomic E-state index is -1.23. The van der Waals surface area contributed by atoms with E-state index in [1.807, 2.05) is 6.07 Å². The molecule has 0 heterocycles. The maximum absolute atomic E-state index is 9.65. The minimum Gasteiger partial charge on any atom is -0.377 e. The lowest BCUT2D eigenvalue weighted by atomic mass is 9.83. The zero-order valence-corrected chi connectivity index (χ0v) is 6.71. The number of hydrogen-bond acceptors (Lipinski definition) is 3. The molecular weight excluding hydrogens is 142 g/mol. The summed E-state index contributed by atoms with van der Waals surface area (Å²) in [5, 5.41) is 18.3. The third kappa shape index (κ3) is 1.52. The van der Waals surface area contributed by atoms with E-state index in [-0.39, 0.29) is 6.10 Å². The van der Waals surface area contributed by atoms with Gasteiger partial charge in [-0.1, -0.05) is 6.42 Å². The Hall–Kier alpha value is -0.590. The quantitative estimate of drug-likeness (QED) is 0.570. The highest BCUT2D eigenvalue weighted by Gasteiger charge is 2.39. The van der Waals surface area contributed by atoms with Crippen molar-refractivity contribution >= 4 is 0 Å². The van der Waals surface area contributed by atoms with Gasteiger partial charge in [0, 0.05) is 7.11 Å². The number of ether oxygens (including phenoxy) is 1. The zero-order chi connectivity index (χ0) is 8.32. The summed E-state index contributed by atoms with van der Waals surface area (Å²) in [6.07, 6.45) is 3.01. The molecule has 1 aliphatic carbocycles. The third-order valence-corrected chi connectivity index (χ3v) is 2.29. The van der Waals surface area contributed by atoms with Crippen molar-refractivity contribution in [1.29, 1.82) is 5.26 Å². The first-order valence-electron chi connectivity index (χ1n) is 3.89. The van der Waals surface area contributed by atoms with Gasteiger partial charge in [-0.25, -0.2) is 0 Å². The lowest BCUT2D eigenvalue weighted by Crippen LogP contribution is -2.44. The molecule has 1 aliphatic rings. The van der Waals surface area contributed by atoms with E-state index in [4.69, 9.17) is 10.00 Å². The van der Waals surface area contributed by atoms with E-state index in [2.05, 4.69) is 0 Å². The van der Waals surface area contributed by atoms with Gasteiger partial charge in [0.1, 0.15) is 6.07 Å². The summed E-state index contributed by atoms with van der Waals surface area (Å²) in [6.45, 7) is 0. The van der Waals surface area contributed by atoms with Crippen molar-refractivity contribution in [2.24, 2.45) is 0 Å². The van der Waals surface area contributed by atoms with Gasteiger partial charge in [-0.15, -0.1) is 0 Å². The standard InChI is InChI=1S/C8H13NO2/c1-11-7-4-2-3-5-8(7,10)6-9/h7,10H,2-5H2,1H3. The monoisotopic (exact) mass is 155 g/mol. The molecule has 0 aliphatic heterocycles. The van der Waals surface area contributed by atoms with Crippen molar-refractivity contribution in [3.8, 4) is 6.07 Å². The molecule has 0 radical (unpaired) electrons. The summed E-state index contributed by atoms with van der Waals surface area (Å²) in [5.74, 6) is 0. The first kappa shape index (κ1) is 8.51. The van der Waals surface area contributed by atoms with Crippen LogP contribution in [0.15, 0.2) is 0 Å². The highest BCUT2D eigenvalue weighted by molar-refractivity contribution is 5.07. The van der Waals surface area contributed by atoms with E-state index in [0.717, 1.165) is 19.3 Å². The Bertz CT molecular complexity index is 175. The van der Waals surface area contributed by atoms with Gasteiger partial charge in [-0.05, 0) is 19.3 Å². The summed E-state index contributed by atoms with van der Waals surface area (Å²) in [6, 6.07) is 1.91. The normalized spacial score (nSPS) is 38.1. The van der Waals surface area contributed by atoms with Crippen LogP contribution in [0.2, 0.25) is 0 Å². The summed E-state index contributed by atoms with van der Waals surface area (Å²) >= 11 is 0. The second-order valence-electron chi connectivity index (χ2n) is 3.01. The fourth-order valence-corrected chi connectivity index (χ4v) is 1.56. The Morgan fingerprint density at radius 2 is 2.36 bits per heavy atom. The molecule has 1 N–H and O–H groups in total. The van der Waals surface area contributed by atoms with E-state index >= 15 is 0 Å². The molecule has 62 valence electrons. The van der Waals surface area contributed by atoms with Gasteiger partial charge in [0.05, 0.1) is 6.10 Å². The molecule has 0 aromatic carbocycles. The number of methoxy groups -OCH3 is 1. The number of nitrogens with zero attached hydrogens (tertiary/aromatic N) is 1. The lowest BCUT2D eigenvalue weighted by molar-refractivity contribution is -0.0807. The first-order valence-corrected chi connectivity index (χ1v) is 3.89. The molecule has 0 saturated heterocycles. The average molecular weight is 155 g/mol. The van der Waals surface area contributed by atoms with Crippen molar-refractivity contribution in [1.82, 2.24) is 0 Å². The smallest absolute Gasteiger partial charge is 0.177 e. The Balaban J connectivity index is 2.67. The van der Waals surface area contributed by atoms with Crippen molar-refractivity contribution in [2.75, 3.05) is 7.11 Å². The molecule has 0 spiro atoms. The predicted molar refractivity (Wildman–Crippen MR) is 39.8 cm³/mol. The zero-order valence-electron chi connectivity index (χ0n) is 6.71. The van der Waals surface area contributed by atoms with Gasteiger partial charge < -0.3 is 9.84 Å². The topological polar surface area (TPSA) is 53.2 Å². The van der Waals surface area contributed by atoms with E-state index in [1.54, 1.807) is 0 Å². The number of aliphatic hydroxyl groups is 1. The highest BCUT2D eigenvalue weighted by Crippen LogP contribution is 2.29. The average Bonchev–Trinajstić information content (AvgIpc) is 2.05. The first-order chi connectivity index (χ1) is 5.23. The van der Waals surface area contributed by atoms with Crippen molar-refractivity contribution in [2.45, 2.75) is 37.4 Å². The molecule has 0 bridgehead atoms. The van der Waals surface area contributed by atoms with Gasteiger partial charge in [0.25, 0.3) is 0 Å². The van der Waals surface area contributed by atoms with Crippen LogP contribution in [0.3, 0.4) is 0 Å². The molecular formula is C8H13NO2. The van der Waals surface area contributed by atoms with Crippen molar-refractivity contribution in [3.05, 3.63) is 0 Å². The molecule has 3 heteroatoms. The maximum Gasteiger partial charge on any atom is 0.177 e. The summed E-state index contributed by atoms with van der Waals surface area (Å²) < 4.78 is 5.03. The molecule has 11 heavy (non-hydrogen) atoms. The fraction of sp³-hybridized carbons (Fsp3) is 0.875. The van der Waals surface area contributed by atoms with Crippen LogP contribution in [0.4, 0.5) is 0 Å². The van der Waals surface area contributed by atoms with Crippen LogP contribution in [0, 0.1) is 11.3 Å². The van der Waals surface area contributed by atoms with Crippen molar-refractivity contribution in [3.63, 3.8) is 0 Å². The lowest BCUT2D eigenvalue weighted by Gasteiger charge is -2.32. The van der Waals surface area contributed by atoms with Gasteiger partial charge in [0.2, 0.25) is 0 Å². The Morgan fingerprint density at radius 3 is 2.82 bits per heavy atom. The maximum atomic E-state index is 9.65. The fourth-order valence-electron chi connectivity index (χ4n) is 1.56. The third-order valence-electron chi connectivity index (χ3n) is 2.29. The van der Waals surface area contributed by atoms with E-state index in [1.165, 1.54) is 7.11 Å². The van der Waals surface area contributed by atoms with Gasteiger partial charge in [-0.3, -0.25) is 0 Å². The molecule has 0 aromatic rings. The predicted octanol–water partition coefficient (Wildman–Crippen LogP) is 0.830. The molecule has 2 unspecified atom stereocenters. The van der Waals surface area contributed by atoms with E-state index in [0.29, 0.717) is 6.42 Å². The van der Waals surface area contributed by atoms with Gasteiger partial charge in [0.15, 0.2) is 5.60 Å². The van der Waals surface area contributed by atoms with Crippen LogP contribution in [0.25, 0.3) is 0 Å². The minimum absolute atomic E-state index is 0.291. The number of nitriles is 1. The van der Waals surface area contributed by atoms with Crippen LogP contribution < -0.4 is 0 Å².